The summed E-state index contributed by atoms with van der Waals surface area (Å²) in [5.41, 5.74) is 3.39. The van der Waals surface area contributed by atoms with Crippen LogP contribution in [-0.4, -0.2) is 34.2 Å². The summed E-state index contributed by atoms with van der Waals surface area (Å²) in [4.78, 5) is 28.5. The molecule has 0 unspecified atom stereocenters. The molecule has 2 aromatic rings. The second-order valence-electron chi connectivity index (χ2n) is 7.22. The zero-order valence-corrected chi connectivity index (χ0v) is 16.8. The normalized spacial score (nSPS) is 10.7. The van der Waals surface area contributed by atoms with Crippen LogP contribution in [0, 0.1) is 6.92 Å². The summed E-state index contributed by atoms with van der Waals surface area (Å²) in [6.07, 6.45) is 0.330. The molecule has 0 spiro atoms. The molecule has 0 radical (unpaired) electrons. The van der Waals surface area contributed by atoms with Gasteiger partial charge in [-0.15, -0.1) is 0 Å². The minimum Gasteiger partial charge on any atom is -0.338 e. The molecule has 0 saturated carbocycles. The Morgan fingerprint density at radius 3 is 2.15 bits per heavy atom. The Morgan fingerprint density at radius 2 is 1.56 bits per heavy atom. The van der Waals surface area contributed by atoms with E-state index in [4.69, 9.17) is 0 Å². The van der Waals surface area contributed by atoms with Crippen LogP contribution < -0.4 is 0 Å². The highest BCUT2D eigenvalue weighted by Gasteiger charge is 2.19. The maximum atomic E-state index is 12.8. The lowest BCUT2D eigenvalue weighted by atomic mass is 10.1. The predicted molar refractivity (Wildman–Crippen MR) is 109 cm³/mol. The van der Waals surface area contributed by atoms with Crippen molar-refractivity contribution in [1.29, 1.82) is 0 Å². The molecule has 0 bridgehead atoms. The van der Waals surface area contributed by atoms with E-state index in [1.54, 1.807) is 11.8 Å². The molecule has 144 valence electrons. The summed E-state index contributed by atoms with van der Waals surface area (Å²) >= 11 is 0. The highest BCUT2D eigenvalue weighted by Crippen LogP contribution is 2.13. The lowest BCUT2D eigenvalue weighted by molar-refractivity contribution is -0.135. The number of carbonyl (C=O) groups excluding carboxylic acids is 2. The molecule has 0 fully saturated rings. The van der Waals surface area contributed by atoms with Crippen LogP contribution in [0.25, 0.3) is 0 Å². The molecule has 0 heterocycles. The van der Waals surface area contributed by atoms with E-state index in [0.29, 0.717) is 26.1 Å². The summed E-state index contributed by atoms with van der Waals surface area (Å²) < 4.78 is 0. The first kappa shape index (κ1) is 20.7. The van der Waals surface area contributed by atoms with Gasteiger partial charge in [-0.05, 0) is 37.5 Å². The van der Waals surface area contributed by atoms with Gasteiger partial charge in [0.1, 0.15) is 0 Å². The lowest BCUT2D eigenvalue weighted by Gasteiger charge is -2.29. The van der Waals surface area contributed by atoms with Crippen LogP contribution in [0.2, 0.25) is 0 Å². The van der Waals surface area contributed by atoms with E-state index in [9.17, 15) is 9.59 Å². The van der Waals surface area contributed by atoms with Gasteiger partial charge in [0, 0.05) is 39.0 Å². The Morgan fingerprint density at radius 1 is 0.926 bits per heavy atom. The van der Waals surface area contributed by atoms with Crippen molar-refractivity contribution in [1.82, 2.24) is 9.80 Å². The van der Waals surface area contributed by atoms with Crippen molar-refractivity contribution < 1.29 is 9.59 Å². The first-order valence-corrected chi connectivity index (χ1v) is 9.52. The second kappa shape index (κ2) is 9.91. The number of hydrogen-bond acceptors (Lipinski definition) is 2. The molecule has 4 nitrogen and oxygen atoms in total. The lowest BCUT2D eigenvalue weighted by Crippen LogP contribution is -2.39. The maximum Gasteiger partial charge on any atom is 0.224 e. The molecule has 27 heavy (non-hydrogen) atoms. The van der Waals surface area contributed by atoms with Crippen LogP contribution >= 0.6 is 0 Å². The highest BCUT2D eigenvalue weighted by molar-refractivity contribution is 5.78. The molecule has 2 amide bonds. The van der Waals surface area contributed by atoms with E-state index < -0.39 is 0 Å². The molecule has 0 aliphatic rings. The smallest absolute Gasteiger partial charge is 0.224 e. The van der Waals surface area contributed by atoms with E-state index in [1.807, 2.05) is 80.3 Å². The van der Waals surface area contributed by atoms with Crippen LogP contribution in [0.15, 0.2) is 54.6 Å². The Kier molecular flexibility index (Phi) is 7.59. The van der Waals surface area contributed by atoms with Gasteiger partial charge >= 0.3 is 0 Å². The van der Waals surface area contributed by atoms with E-state index in [-0.39, 0.29) is 17.9 Å². The highest BCUT2D eigenvalue weighted by atomic mass is 16.2. The third-order valence-electron chi connectivity index (χ3n) is 4.80. The second-order valence-corrected chi connectivity index (χ2v) is 7.22. The van der Waals surface area contributed by atoms with Crippen molar-refractivity contribution in [3.05, 3.63) is 71.3 Å². The van der Waals surface area contributed by atoms with E-state index in [0.717, 1.165) is 16.7 Å². The fourth-order valence-electron chi connectivity index (χ4n) is 3.05. The number of hydrogen-bond donors (Lipinski definition) is 0. The van der Waals surface area contributed by atoms with Crippen LogP contribution in [0.4, 0.5) is 0 Å². The zero-order chi connectivity index (χ0) is 19.8. The number of rotatable bonds is 8. The molecule has 0 saturated heterocycles. The van der Waals surface area contributed by atoms with Gasteiger partial charge in [0.25, 0.3) is 0 Å². The number of carbonyl (C=O) groups is 2. The molecule has 4 heteroatoms. The van der Waals surface area contributed by atoms with Crippen molar-refractivity contribution in [2.75, 3.05) is 6.54 Å². The van der Waals surface area contributed by atoms with Crippen molar-refractivity contribution in [2.45, 2.75) is 53.2 Å². The maximum absolute atomic E-state index is 12.8. The van der Waals surface area contributed by atoms with Crippen molar-refractivity contribution >= 4 is 11.8 Å². The molecule has 0 aliphatic carbocycles. The fraction of sp³-hybridized carbons (Fsp3) is 0.391. The Balaban J connectivity index is 2.00. The third-order valence-corrected chi connectivity index (χ3v) is 4.80. The van der Waals surface area contributed by atoms with Crippen LogP contribution in [-0.2, 0) is 22.7 Å². The SMILES string of the molecule is CC(=O)N(CCC(=O)N(Cc1ccccc1)C(C)C)Cc1ccccc1C. The quantitative estimate of drug-likeness (QED) is 0.703. The first-order chi connectivity index (χ1) is 12.9. The Labute approximate surface area is 162 Å². The van der Waals surface area contributed by atoms with E-state index in [2.05, 4.69) is 0 Å². The fourth-order valence-corrected chi connectivity index (χ4v) is 3.05. The van der Waals surface area contributed by atoms with E-state index in [1.165, 1.54) is 0 Å². The summed E-state index contributed by atoms with van der Waals surface area (Å²) in [6.45, 7) is 9.21. The van der Waals surface area contributed by atoms with Crippen molar-refractivity contribution in [3.63, 3.8) is 0 Å². The number of nitrogens with zero attached hydrogens (tertiary/aromatic N) is 2. The Hall–Kier alpha value is -2.62. The molecular weight excluding hydrogens is 336 g/mol. The predicted octanol–water partition coefficient (Wildman–Crippen LogP) is 4.17. The molecule has 0 aliphatic heterocycles. The molecule has 2 aromatic carbocycles. The average molecular weight is 367 g/mol. The zero-order valence-electron chi connectivity index (χ0n) is 16.8. The topological polar surface area (TPSA) is 40.6 Å². The van der Waals surface area contributed by atoms with Gasteiger partial charge < -0.3 is 9.80 Å². The van der Waals surface area contributed by atoms with Gasteiger partial charge in [0.15, 0.2) is 0 Å². The standard InChI is InChI=1S/C23H30N2O2/c1-18(2)25(16-21-11-6-5-7-12-21)23(27)14-15-24(20(4)26)17-22-13-9-8-10-19(22)3/h5-13,18H,14-17H2,1-4H3. The van der Waals surface area contributed by atoms with Gasteiger partial charge in [-0.1, -0.05) is 54.6 Å². The number of amides is 2. The van der Waals surface area contributed by atoms with Crippen LogP contribution in [0.5, 0.6) is 0 Å². The van der Waals surface area contributed by atoms with Gasteiger partial charge in [-0.25, -0.2) is 0 Å². The number of aryl methyl sites for hydroxylation is 1. The minimum atomic E-state index is -0.00907. The summed E-state index contributed by atoms with van der Waals surface area (Å²) in [5.74, 6) is 0.0649. The van der Waals surface area contributed by atoms with E-state index >= 15 is 0 Å². The number of benzene rings is 2. The van der Waals surface area contributed by atoms with Crippen LogP contribution in [0.3, 0.4) is 0 Å². The molecule has 0 aromatic heterocycles. The largest absolute Gasteiger partial charge is 0.338 e. The molecule has 0 N–H and O–H groups in total. The van der Waals surface area contributed by atoms with Gasteiger partial charge in [-0.3, -0.25) is 9.59 Å². The minimum absolute atomic E-state index is 0.00907. The molecule has 2 rings (SSSR count). The monoisotopic (exact) mass is 366 g/mol. The van der Waals surface area contributed by atoms with Crippen molar-refractivity contribution in [2.24, 2.45) is 0 Å². The Bertz CT molecular complexity index is 756. The van der Waals surface area contributed by atoms with Gasteiger partial charge in [0.05, 0.1) is 0 Å². The third kappa shape index (κ3) is 6.24. The molecule has 0 atom stereocenters. The average Bonchev–Trinajstić information content (AvgIpc) is 2.64. The van der Waals surface area contributed by atoms with Gasteiger partial charge in [-0.2, -0.15) is 0 Å². The van der Waals surface area contributed by atoms with Crippen molar-refractivity contribution in [3.8, 4) is 0 Å². The molecular formula is C23H30N2O2. The summed E-state index contributed by atoms with van der Waals surface area (Å²) in [5, 5.41) is 0. The first-order valence-electron chi connectivity index (χ1n) is 9.52. The van der Waals surface area contributed by atoms with Crippen LogP contribution in [0.1, 0.15) is 43.9 Å². The van der Waals surface area contributed by atoms with Gasteiger partial charge in [0.2, 0.25) is 11.8 Å². The summed E-state index contributed by atoms with van der Waals surface area (Å²) in [7, 11) is 0. The summed E-state index contributed by atoms with van der Waals surface area (Å²) in [6, 6.07) is 18.2.